The van der Waals surface area contributed by atoms with E-state index in [9.17, 15) is 9.18 Å². The monoisotopic (exact) mass is 469 g/mol. The molecule has 0 saturated carbocycles. The molecule has 1 saturated heterocycles. The number of likely N-dealkylation sites (N-methyl/N-ethyl adjacent to an activating group) is 1. The third-order valence-electron chi connectivity index (χ3n) is 5.67. The van der Waals surface area contributed by atoms with Gasteiger partial charge >= 0.3 is 6.09 Å². The fourth-order valence-electron chi connectivity index (χ4n) is 3.82. The second kappa shape index (κ2) is 8.93. The number of anilines is 2. The molecule has 33 heavy (non-hydrogen) atoms. The molecule has 4 heterocycles. The van der Waals surface area contributed by atoms with Gasteiger partial charge in [0.25, 0.3) is 0 Å². The van der Waals surface area contributed by atoms with Gasteiger partial charge in [0.05, 0.1) is 27.6 Å². The number of ether oxygens (including phenoxy) is 1. The molecule has 9 nitrogen and oxygen atoms in total. The lowest BCUT2D eigenvalue weighted by molar-refractivity contribution is 0.0768. The highest BCUT2D eigenvalue weighted by Gasteiger charge is 2.21. The van der Waals surface area contributed by atoms with Gasteiger partial charge in [-0.25, -0.2) is 19.2 Å². The molecule has 0 atom stereocenters. The largest absolute Gasteiger partial charge is 0.442 e. The molecule has 1 amide bonds. The Labute approximate surface area is 194 Å². The van der Waals surface area contributed by atoms with E-state index in [0.717, 1.165) is 29.4 Å². The summed E-state index contributed by atoms with van der Waals surface area (Å²) in [5.41, 5.74) is 12.2. The number of thiazole rings is 1. The van der Waals surface area contributed by atoms with Crippen LogP contribution in [0, 0.1) is 12.7 Å². The molecular formula is C22H24FN7O2S. The summed E-state index contributed by atoms with van der Waals surface area (Å²) >= 11 is 1.44. The number of halogens is 1. The number of fused-ring (bicyclic) bond motifs is 1. The Hall–Kier alpha value is -3.28. The quantitative estimate of drug-likeness (QED) is 0.535. The Bertz CT molecular complexity index is 1190. The van der Waals surface area contributed by atoms with Crippen LogP contribution >= 0.6 is 11.3 Å². The maximum absolute atomic E-state index is 14.4. The number of hydrogen-bond donors (Lipinski definition) is 3. The normalized spacial score (nSPS) is 15.7. The van der Waals surface area contributed by atoms with Crippen LogP contribution in [0.15, 0.2) is 30.3 Å². The summed E-state index contributed by atoms with van der Waals surface area (Å²) in [5.74, 6) is -0.370. The number of carbonyl (C=O) groups excluding carboxylic acids is 1. The van der Waals surface area contributed by atoms with Crippen LogP contribution < -0.4 is 16.4 Å². The third kappa shape index (κ3) is 4.47. The van der Waals surface area contributed by atoms with Crippen molar-refractivity contribution in [3.63, 3.8) is 0 Å². The summed E-state index contributed by atoms with van der Waals surface area (Å²) in [6.45, 7) is 5.04. The Morgan fingerprint density at radius 1 is 1.15 bits per heavy atom. The van der Waals surface area contributed by atoms with Gasteiger partial charge in [0.1, 0.15) is 17.3 Å². The van der Waals surface area contributed by atoms with Gasteiger partial charge in [0.15, 0.2) is 5.82 Å². The highest BCUT2D eigenvalue weighted by atomic mass is 32.1. The molecule has 0 unspecified atom stereocenters. The van der Waals surface area contributed by atoms with Crippen LogP contribution in [0.1, 0.15) is 10.7 Å². The van der Waals surface area contributed by atoms with Gasteiger partial charge in [-0.15, -0.1) is 16.9 Å². The summed E-state index contributed by atoms with van der Waals surface area (Å²) < 4.78 is 19.9. The lowest BCUT2D eigenvalue weighted by Crippen LogP contribution is -2.47. The molecule has 2 aliphatic rings. The molecule has 2 aliphatic heterocycles. The Morgan fingerprint density at radius 2 is 1.94 bits per heavy atom. The number of amides is 1. The lowest BCUT2D eigenvalue weighted by atomic mass is 10.1. The van der Waals surface area contributed by atoms with Gasteiger partial charge in [-0.05, 0) is 38.2 Å². The molecule has 172 valence electrons. The van der Waals surface area contributed by atoms with E-state index in [0.29, 0.717) is 40.7 Å². The van der Waals surface area contributed by atoms with E-state index in [-0.39, 0.29) is 18.5 Å². The SMILES string of the molecule is Cc1nc(COC(=O)N2CCN(C)CC2)sc1-c1cccc(-c2cc(F)c3c(c2)NNN3)n1. The van der Waals surface area contributed by atoms with Crippen molar-refractivity contribution in [2.24, 2.45) is 0 Å². The molecular weight excluding hydrogens is 445 g/mol. The first-order valence-corrected chi connectivity index (χ1v) is 11.4. The summed E-state index contributed by atoms with van der Waals surface area (Å²) in [4.78, 5) is 26.5. The zero-order valence-corrected chi connectivity index (χ0v) is 19.1. The van der Waals surface area contributed by atoms with Gasteiger partial charge in [-0.3, -0.25) is 5.43 Å². The molecule has 5 rings (SSSR count). The van der Waals surface area contributed by atoms with Crippen molar-refractivity contribution in [3.8, 4) is 21.8 Å². The van der Waals surface area contributed by atoms with Crippen LogP contribution in [0.4, 0.5) is 20.6 Å². The van der Waals surface area contributed by atoms with Gasteiger partial charge in [0.2, 0.25) is 0 Å². The van der Waals surface area contributed by atoms with E-state index in [1.807, 2.05) is 38.2 Å². The molecule has 11 heteroatoms. The lowest BCUT2D eigenvalue weighted by Gasteiger charge is -2.31. The summed E-state index contributed by atoms with van der Waals surface area (Å²) in [6, 6.07) is 8.92. The fraction of sp³-hybridized carbons (Fsp3) is 0.318. The number of piperazine rings is 1. The van der Waals surface area contributed by atoms with E-state index in [1.165, 1.54) is 17.4 Å². The second-order valence-corrected chi connectivity index (χ2v) is 9.11. The number of pyridine rings is 1. The van der Waals surface area contributed by atoms with Crippen molar-refractivity contribution in [2.75, 3.05) is 44.1 Å². The van der Waals surface area contributed by atoms with Crippen molar-refractivity contribution in [1.82, 2.24) is 25.3 Å². The van der Waals surface area contributed by atoms with Crippen molar-refractivity contribution in [3.05, 3.63) is 46.9 Å². The molecule has 3 aromatic rings. The number of aryl methyl sites for hydroxylation is 1. The molecule has 0 spiro atoms. The van der Waals surface area contributed by atoms with Crippen LogP contribution in [0.2, 0.25) is 0 Å². The molecule has 1 fully saturated rings. The summed E-state index contributed by atoms with van der Waals surface area (Å²) in [7, 11) is 2.04. The molecule has 1 aromatic carbocycles. The van der Waals surface area contributed by atoms with Gasteiger partial charge in [-0.1, -0.05) is 6.07 Å². The number of hydrazine groups is 2. The molecule has 0 aliphatic carbocycles. The Balaban J connectivity index is 1.32. The molecule has 0 bridgehead atoms. The number of benzene rings is 1. The first-order chi connectivity index (χ1) is 16.0. The number of nitrogens with one attached hydrogen (secondary N) is 3. The molecule has 0 radical (unpaired) electrons. The number of hydrogen-bond acceptors (Lipinski definition) is 9. The Kier molecular flexibility index (Phi) is 5.83. The zero-order chi connectivity index (χ0) is 22.9. The number of rotatable bonds is 4. The predicted molar refractivity (Wildman–Crippen MR) is 125 cm³/mol. The maximum Gasteiger partial charge on any atom is 0.410 e. The topological polar surface area (TPSA) is 94.7 Å². The minimum absolute atomic E-state index is 0.123. The van der Waals surface area contributed by atoms with Crippen LogP contribution in [0.25, 0.3) is 21.8 Å². The number of carbonyl (C=O) groups is 1. The van der Waals surface area contributed by atoms with E-state index >= 15 is 0 Å². The first-order valence-electron chi connectivity index (χ1n) is 10.6. The maximum atomic E-state index is 14.4. The minimum Gasteiger partial charge on any atom is -0.442 e. The molecule has 2 aromatic heterocycles. The van der Waals surface area contributed by atoms with Crippen LogP contribution in [-0.4, -0.2) is 59.1 Å². The van der Waals surface area contributed by atoms with E-state index in [2.05, 4.69) is 26.3 Å². The Morgan fingerprint density at radius 3 is 2.76 bits per heavy atom. The second-order valence-electron chi connectivity index (χ2n) is 8.03. The minimum atomic E-state index is -0.370. The number of aromatic nitrogens is 2. The van der Waals surface area contributed by atoms with Crippen molar-refractivity contribution in [2.45, 2.75) is 13.5 Å². The summed E-state index contributed by atoms with van der Waals surface area (Å²) in [5, 5.41) is 0.710. The molecule has 3 N–H and O–H groups in total. The number of nitrogens with zero attached hydrogens (tertiary/aromatic N) is 4. The van der Waals surface area contributed by atoms with E-state index in [4.69, 9.17) is 9.72 Å². The average Bonchev–Trinajstić information content (AvgIpc) is 3.45. The average molecular weight is 470 g/mol. The van der Waals surface area contributed by atoms with Gasteiger partial charge in [-0.2, -0.15) is 0 Å². The fourth-order valence-corrected chi connectivity index (χ4v) is 4.77. The highest BCUT2D eigenvalue weighted by molar-refractivity contribution is 7.15. The van der Waals surface area contributed by atoms with Crippen LogP contribution in [0.3, 0.4) is 0 Å². The van der Waals surface area contributed by atoms with Gasteiger partial charge in [0, 0.05) is 31.7 Å². The van der Waals surface area contributed by atoms with Crippen LogP contribution in [0.5, 0.6) is 0 Å². The van der Waals surface area contributed by atoms with Crippen molar-refractivity contribution in [1.29, 1.82) is 0 Å². The predicted octanol–water partition coefficient (Wildman–Crippen LogP) is 3.46. The van der Waals surface area contributed by atoms with Crippen molar-refractivity contribution < 1.29 is 13.9 Å². The zero-order valence-electron chi connectivity index (χ0n) is 18.3. The first kappa shape index (κ1) is 21.6. The standard InChI is InChI=1S/C22H24FN7O2S/c1-13-21(33-19(24-13)12-32-22(31)30-8-6-29(2)7-9-30)17-5-3-4-16(25-17)14-10-15(23)20-18(11-14)26-28-27-20/h3-5,10-11,26-28H,6-9,12H2,1-2H3. The van der Waals surface area contributed by atoms with E-state index < -0.39 is 0 Å². The summed E-state index contributed by atoms with van der Waals surface area (Å²) in [6.07, 6.45) is -0.311. The van der Waals surface area contributed by atoms with E-state index in [1.54, 1.807) is 4.90 Å². The highest BCUT2D eigenvalue weighted by Crippen LogP contribution is 2.35. The van der Waals surface area contributed by atoms with Crippen molar-refractivity contribution >= 4 is 28.8 Å². The smallest absolute Gasteiger partial charge is 0.410 e. The third-order valence-corrected chi connectivity index (χ3v) is 6.83. The van der Waals surface area contributed by atoms with Gasteiger partial charge < -0.3 is 20.0 Å². The van der Waals surface area contributed by atoms with Crippen LogP contribution in [-0.2, 0) is 11.3 Å².